The molecular formula is C26H34FN5O3Si. The van der Waals surface area contributed by atoms with Crippen LogP contribution in [0.1, 0.15) is 11.1 Å². The Hall–Kier alpha value is -3.37. The highest BCUT2D eigenvalue weighted by Crippen LogP contribution is 2.36. The molecule has 1 aliphatic heterocycles. The van der Waals surface area contributed by atoms with Gasteiger partial charge in [0.05, 0.1) is 12.8 Å². The zero-order valence-electron chi connectivity index (χ0n) is 21.3. The van der Waals surface area contributed by atoms with Crippen molar-refractivity contribution in [3.05, 3.63) is 59.5 Å². The van der Waals surface area contributed by atoms with Crippen LogP contribution in [0.15, 0.2) is 42.6 Å². The molecule has 0 radical (unpaired) electrons. The van der Waals surface area contributed by atoms with Crippen LogP contribution >= 0.6 is 0 Å². The third-order valence-corrected chi connectivity index (χ3v) is 7.89. The van der Waals surface area contributed by atoms with Crippen LogP contribution in [0.2, 0.25) is 25.7 Å². The summed E-state index contributed by atoms with van der Waals surface area (Å²) in [5.41, 5.74) is 9.39. The quantitative estimate of drug-likeness (QED) is 0.316. The monoisotopic (exact) mass is 511 g/mol. The van der Waals surface area contributed by atoms with Gasteiger partial charge in [0.2, 0.25) is 0 Å². The Bertz CT molecular complexity index is 1240. The molecule has 10 heteroatoms. The van der Waals surface area contributed by atoms with Crippen LogP contribution in [0.25, 0.3) is 11.1 Å². The minimum absolute atomic E-state index is 0.244. The summed E-state index contributed by atoms with van der Waals surface area (Å²) in [5.74, 6) is 0.518. The molecule has 3 N–H and O–H groups in total. The number of nitrogens with two attached hydrogens (primary N) is 1. The van der Waals surface area contributed by atoms with E-state index in [1.54, 1.807) is 29.0 Å². The summed E-state index contributed by atoms with van der Waals surface area (Å²) >= 11 is 0. The Kier molecular flexibility index (Phi) is 7.65. The molecule has 1 aliphatic rings. The first-order valence-electron chi connectivity index (χ1n) is 12.1. The number of anilines is 2. The first-order valence-corrected chi connectivity index (χ1v) is 15.8. The van der Waals surface area contributed by atoms with Crippen LogP contribution in [0.4, 0.5) is 20.7 Å². The van der Waals surface area contributed by atoms with Crippen molar-refractivity contribution in [3.63, 3.8) is 0 Å². The van der Waals surface area contributed by atoms with Crippen LogP contribution in [-0.4, -0.2) is 44.1 Å². The Morgan fingerprint density at radius 3 is 2.78 bits per heavy atom. The molecule has 36 heavy (non-hydrogen) atoms. The number of amides is 2. The van der Waals surface area contributed by atoms with E-state index in [1.807, 2.05) is 24.3 Å². The standard InChI is InChI=1S/C26H34FN5O3Si/c1-34-20-7-5-6-18(12-20)15-29-26(33)32-9-8-19-13-21(23(27)14-24(19)32)22-16-31(30-25(22)28)17-35-10-11-36(2,3)4/h5-7,12-14,16H,8-11,15,17H2,1-4H3,(H2,28,30)(H,29,33). The van der Waals surface area contributed by atoms with Gasteiger partial charge in [-0.3, -0.25) is 4.90 Å². The smallest absolute Gasteiger partial charge is 0.322 e. The van der Waals surface area contributed by atoms with E-state index in [0.29, 0.717) is 42.9 Å². The van der Waals surface area contributed by atoms with Crippen LogP contribution < -0.4 is 20.7 Å². The molecule has 0 spiro atoms. The second-order valence-electron chi connectivity index (χ2n) is 10.2. The fraction of sp³-hybridized carbons (Fsp3) is 0.385. The van der Waals surface area contributed by atoms with Gasteiger partial charge in [0.25, 0.3) is 0 Å². The highest BCUT2D eigenvalue weighted by Gasteiger charge is 2.27. The minimum atomic E-state index is -1.18. The minimum Gasteiger partial charge on any atom is -0.497 e. The summed E-state index contributed by atoms with van der Waals surface area (Å²) in [6.07, 6.45) is 2.34. The molecule has 0 bridgehead atoms. The number of rotatable bonds is 9. The molecule has 2 heterocycles. The summed E-state index contributed by atoms with van der Waals surface area (Å²) in [6.45, 7) is 8.63. The van der Waals surface area contributed by atoms with Gasteiger partial charge in [-0.05, 0) is 47.9 Å². The summed E-state index contributed by atoms with van der Waals surface area (Å²) in [7, 11) is 0.422. The first kappa shape index (κ1) is 25.7. The molecule has 0 unspecified atom stereocenters. The van der Waals surface area contributed by atoms with Crippen molar-refractivity contribution in [3.8, 4) is 16.9 Å². The highest BCUT2D eigenvalue weighted by molar-refractivity contribution is 6.76. The van der Waals surface area contributed by atoms with Gasteiger partial charge in [-0.1, -0.05) is 31.8 Å². The maximum atomic E-state index is 15.2. The third kappa shape index (κ3) is 6.06. The zero-order chi connectivity index (χ0) is 25.9. The molecule has 0 aliphatic carbocycles. The predicted molar refractivity (Wildman–Crippen MR) is 142 cm³/mol. The maximum Gasteiger partial charge on any atom is 0.322 e. The summed E-state index contributed by atoms with van der Waals surface area (Å²) in [5, 5.41) is 7.20. The lowest BCUT2D eigenvalue weighted by Crippen LogP contribution is -2.38. The number of carbonyl (C=O) groups excluding carboxylic acids is 1. The molecule has 4 rings (SSSR count). The second-order valence-corrected chi connectivity index (χ2v) is 15.8. The molecule has 2 amide bonds. The van der Waals surface area contributed by atoms with Crippen LogP contribution in [-0.2, 0) is 24.4 Å². The van der Waals surface area contributed by atoms with Gasteiger partial charge in [0, 0.05) is 45.1 Å². The predicted octanol–water partition coefficient (Wildman–Crippen LogP) is 4.86. The average Bonchev–Trinajstić information content (AvgIpc) is 3.42. The lowest BCUT2D eigenvalue weighted by Gasteiger charge is -2.19. The molecule has 0 saturated heterocycles. The maximum absolute atomic E-state index is 15.2. The molecule has 0 fully saturated rings. The second kappa shape index (κ2) is 10.7. The van der Waals surface area contributed by atoms with Crippen LogP contribution in [0.5, 0.6) is 5.75 Å². The molecule has 0 atom stereocenters. The molecule has 8 nitrogen and oxygen atoms in total. The average molecular weight is 512 g/mol. The van der Waals surface area contributed by atoms with E-state index in [9.17, 15) is 4.79 Å². The number of urea groups is 1. The molecule has 3 aromatic rings. The number of halogens is 1. The highest BCUT2D eigenvalue weighted by atomic mass is 28.3. The number of aromatic nitrogens is 2. The topological polar surface area (TPSA) is 94.6 Å². The number of nitrogens with one attached hydrogen (secondary N) is 1. The van der Waals surface area contributed by atoms with E-state index in [1.165, 1.54) is 6.07 Å². The Morgan fingerprint density at radius 1 is 1.22 bits per heavy atom. The van der Waals surface area contributed by atoms with Crippen molar-refractivity contribution in [2.75, 3.05) is 30.9 Å². The molecule has 2 aromatic carbocycles. The Balaban J connectivity index is 1.44. The van der Waals surface area contributed by atoms with Gasteiger partial charge < -0.3 is 20.5 Å². The third-order valence-electron chi connectivity index (χ3n) is 6.19. The fourth-order valence-corrected chi connectivity index (χ4v) is 4.89. The Morgan fingerprint density at radius 2 is 2.03 bits per heavy atom. The van der Waals surface area contributed by atoms with E-state index >= 15 is 4.39 Å². The SMILES string of the molecule is COc1cccc(CNC(=O)N2CCc3cc(-c4cn(COCC[Si](C)(C)C)nc4N)c(F)cc32)c1. The molecule has 1 aromatic heterocycles. The van der Waals surface area contributed by atoms with Crippen molar-refractivity contribution in [1.82, 2.24) is 15.1 Å². The van der Waals surface area contributed by atoms with Crippen LogP contribution in [0, 0.1) is 5.82 Å². The van der Waals surface area contributed by atoms with Gasteiger partial charge in [0.15, 0.2) is 5.82 Å². The van der Waals surface area contributed by atoms with Gasteiger partial charge in [-0.2, -0.15) is 5.10 Å². The number of carbonyl (C=O) groups is 1. The molecular weight excluding hydrogens is 477 g/mol. The number of hydrogen-bond donors (Lipinski definition) is 2. The number of methoxy groups -OCH3 is 1. The Labute approximate surface area is 212 Å². The summed E-state index contributed by atoms with van der Waals surface area (Å²) in [4.78, 5) is 14.4. The normalized spacial score (nSPS) is 13.1. The van der Waals surface area contributed by atoms with E-state index in [0.717, 1.165) is 22.9 Å². The number of nitrogens with zero attached hydrogens (tertiary/aromatic N) is 3. The van der Waals surface area contributed by atoms with Gasteiger partial charge in [-0.25, -0.2) is 13.9 Å². The van der Waals surface area contributed by atoms with Crippen molar-refractivity contribution in [2.24, 2.45) is 0 Å². The number of ether oxygens (including phenoxy) is 2. The number of benzene rings is 2. The summed E-state index contributed by atoms with van der Waals surface area (Å²) in [6, 6.07) is 11.5. The lowest BCUT2D eigenvalue weighted by molar-refractivity contribution is 0.0788. The molecule has 192 valence electrons. The van der Waals surface area contributed by atoms with E-state index in [-0.39, 0.29) is 18.6 Å². The van der Waals surface area contributed by atoms with Crippen molar-refractivity contribution in [1.29, 1.82) is 0 Å². The van der Waals surface area contributed by atoms with Gasteiger partial charge >= 0.3 is 6.03 Å². The van der Waals surface area contributed by atoms with E-state index in [4.69, 9.17) is 15.2 Å². The number of fused-ring (bicyclic) bond motifs is 1. The fourth-order valence-electron chi connectivity index (χ4n) is 4.13. The largest absolute Gasteiger partial charge is 0.497 e. The first-order chi connectivity index (χ1) is 17.1. The number of nitrogen functional groups attached to an aromatic ring is 1. The van der Waals surface area contributed by atoms with Crippen molar-refractivity contribution >= 4 is 25.6 Å². The van der Waals surface area contributed by atoms with Crippen LogP contribution in [0.3, 0.4) is 0 Å². The van der Waals surface area contributed by atoms with E-state index < -0.39 is 13.9 Å². The van der Waals surface area contributed by atoms with Crippen molar-refractivity contribution in [2.45, 2.75) is 45.4 Å². The number of hydrogen-bond acceptors (Lipinski definition) is 5. The lowest BCUT2D eigenvalue weighted by atomic mass is 10.0. The molecule has 0 saturated carbocycles. The zero-order valence-corrected chi connectivity index (χ0v) is 22.3. The van der Waals surface area contributed by atoms with Gasteiger partial charge in [0.1, 0.15) is 18.3 Å². The van der Waals surface area contributed by atoms with Crippen molar-refractivity contribution < 1.29 is 18.7 Å². The van der Waals surface area contributed by atoms with E-state index in [2.05, 4.69) is 30.1 Å². The van der Waals surface area contributed by atoms with Gasteiger partial charge in [-0.15, -0.1) is 0 Å². The summed E-state index contributed by atoms with van der Waals surface area (Å²) < 4.78 is 27.8.